The van der Waals surface area contributed by atoms with Crippen LogP contribution in [0.15, 0.2) is 59.0 Å². The number of phenolic OH excluding ortho intramolecular Hbond substituents is 5. The first kappa shape index (κ1) is 49.1. The Balaban J connectivity index is 1.11. The number of methoxy groups -OCH3 is 2. The number of ether oxygens (including phenoxy) is 9. The van der Waals surface area contributed by atoms with E-state index in [1.165, 1.54) is 44.6 Å². The SMILES string of the molecule is COc1cc(/C=C/C(=O)OC[C@H]2O[C@@H](OC[C@H]3O[C@@H](Oc4cc5c(O)cc(O)cc5[o+]c4-c4ccc(O)c(O)c4)[C@H](O[C@@H]4OC[C@@H](O)[C@H](O)[C@H]4O)[C@@H](O)[C@H]3O)[C@H](O)[C@@H](O)[C@@H]2O)cc(OC)c1O. The predicted octanol–water partition coefficient (Wildman–Crippen LogP) is -1.34. The molecule has 3 saturated heterocycles. The Kier molecular flexibility index (Phi) is 15.1. The number of rotatable bonds is 14. The van der Waals surface area contributed by atoms with Crippen LogP contribution in [0.25, 0.3) is 28.4 Å². The second-order valence-corrected chi connectivity index (χ2v) is 15.6. The second kappa shape index (κ2) is 20.6. The quantitative estimate of drug-likeness (QED) is 0.0301. The Morgan fingerprint density at radius 2 is 1.34 bits per heavy atom. The van der Waals surface area contributed by atoms with Gasteiger partial charge in [-0.1, -0.05) is 0 Å². The molecule has 0 radical (unpaired) electrons. The third-order valence-corrected chi connectivity index (χ3v) is 11.1. The van der Waals surface area contributed by atoms with Crippen molar-refractivity contribution in [2.45, 2.75) is 86.0 Å². The van der Waals surface area contributed by atoms with Crippen LogP contribution in [-0.4, -0.2) is 192 Å². The van der Waals surface area contributed by atoms with Gasteiger partial charge in [-0.05, 0) is 35.9 Å². The molecule has 0 aliphatic carbocycles. The molecule has 3 aliphatic rings. The van der Waals surface area contributed by atoms with Crippen molar-refractivity contribution in [2.24, 2.45) is 0 Å². The van der Waals surface area contributed by atoms with Gasteiger partial charge in [-0.15, -0.1) is 0 Å². The fourth-order valence-corrected chi connectivity index (χ4v) is 7.37. The number of aromatic hydroxyl groups is 5. The summed E-state index contributed by atoms with van der Waals surface area (Å²) in [5.74, 6) is -3.63. The summed E-state index contributed by atoms with van der Waals surface area (Å²) in [6, 6.07) is 9.68. The van der Waals surface area contributed by atoms with Crippen molar-refractivity contribution >= 4 is 23.0 Å². The van der Waals surface area contributed by atoms with Crippen LogP contribution in [0.5, 0.6) is 46.0 Å². The fraction of sp³-hybridized carbons (Fsp3) is 0.442. The van der Waals surface area contributed by atoms with Crippen LogP contribution < -0.4 is 14.2 Å². The molecule has 67 heavy (non-hydrogen) atoms. The van der Waals surface area contributed by atoms with Gasteiger partial charge in [-0.25, -0.2) is 9.21 Å². The molecule has 3 aromatic carbocycles. The van der Waals surface area contributed by atoms with E-state index in [1.54, 1.807) is 0 Å². The number of hydrogen-bond acceptors (Lipinski definition) is 23. The zero-order valence-corrected chi connectivity index (χ0v) is 35.3. The standard InChI is InChI=1S/C43H48O24/c1-58-25-7-16(8-26(59-2)32(25)51)3-6-30(49)60-14-28-33(52)35(54)38(57)41(65-28)62-15-29-34(53)36(55)40(67-42-37(56)31(50)23(48)13-61-42)43(66-29)64-27-12-19-21(46)10-18(44)11-24(19)63-39(27)17-4-5-20(45)22(47)9-17/h3-12,23,28-29,31,33-38,40-43,48,50,52-57H,13-15H2,1-2H3,(H4-,44,45,46,47,49,51)/p+1/t23-,28-,29-,31+,33-,34+,35+,36+,37-,38-,40-,41-,42+,43-/m1/s1. The van der Waals surface area contributed by atoms with Crippen LogP contribution in [0.4, 0.5) is 0 Å². The molecule has 14 atom stereocenters. The largest absolute Gasteiger partial charge is 0.507 e. The van der Waals surface area contributed by atoms with Gasteiger partial charge in [0.1, 0.15) is 84.5 Å². The van der Waals surface area contributed by atoms with Crippen molar-refractivity contribution in [1.82, 2.24) is 0 Å². The van der Waals surface area contributed by atoms with Gasteiger partial charge in [0, 0.05) is 24.3 Å². The molecule has 3 aliphatic heterocycles. The Labute approximate surface area is 378 Å². The third kappa shape index (κ3) is 10.5. The Morgan fingerprint density at radius 1 is 0.687 bits per heavy atom. The summed E-state index contributed by atoms with van der Waals surface area (Å²) in [7, 11) is 2.63. The summed E-state index contributed by atoms with van der Waals surface area (Å²) in [5, 5.41) is 138. The predicted molar refractivity (Wildman–Crippen MR) is 220 cm³/mol. The highest BCUT2D eigenvalue weighted by molar-refractivity contribution is 5.89. The zero-order chi connectivity index (χ0) is 48.4. The van der Waals surface area contributed by atoms with E-state index in [9.17, 15) is 71.2 Å². The molecule has 24 nitrogen and oxygen atoms in total. The van der Waals surface area contributed by atoms with E-state index < -0.39 is 135 Å². The molecule has 364 valence electrons. The maximum Gasteiger partial charge on any atom is 0.402 e. The molecule has 7 rings (SSSR count). The van der Waals surface area contributed by atoms with Gasteiger partial charge in [0.25, 0.3) is 0 Å². The number of hydrogen-bond donors (Lipinski definition) is 13. The molecule has 4 heterocycles. The number of phenols is 5. The normalized spacial score (nSPS) is 31.1. The smallest absolute Gasteiger partial charge is 0.402 e. The highest BCUT2D eigenvalue weighted by Gasteiger charge is 2.52. The van der Waals surface area contributed by atoms with Crippen molar-refractivity contribution in [3.63, 3.8) is 0 Å². The molecule has 0 unspecified atom stereocenters. The summed E-state index contributed by atoms with van der Waals surface area (Å²) in [4.78, 5) is 12.7. The lowest BCUT2D eigenvalue weighted by molar-refractivity contribution is -0.353. The van der Waals surface area contributed by atoms with E-state index >= 15 is 0 Å². The zero-order valence-electron chi connectivity index (χ0n) is 35.3. The molecular weight excluding hydrogens is 900 g/mol. The Bertz CT molecular complexity index is 2390. The molecule has 0 spiro atoms. The lowest BCUT2D eigenvalue weighted by Crippen LogP contribution is -2.64. The van der Waals surface area contributed by atoms with Crippen LogP contribution in [0.3, 0.4) is 0 Å². The average molecular weight is 950 g/mol. The van der Waals surface area contributed by atoms with Gasteiger partial charge in [-0.3, -0.25) is 0 Å². The van der Waals surface area contributed by atoms with Gasteiger partial charge >= 0.3 is 17.3 Å². The van der Waals surface area contributed by atoms with E-state index in [1.807, 2.05) is 0 Å². The lowest BCUT2D eigenvalue weighted by Gasteiger charge is -2.45. The summed E-state index contributed by atoms with van der Waals surface area (Å²) in [5.41, 5.74) is 0.319. The minimum absolute atomic E-state index is 0.0458. The van der Waals surface area contributed by atoms with Gasteiger partial charge in [0.05, 0.1) is 39.1 Å². The van der Waals surface area contributed by atoms with Crippen LogP contribution >= 0.6 is 0 Å². The molecule has 3 fully saturated rings. The number of carbonyl (C=O) groups excluding carboxylic acids is 1. The number of aliphatic hydroxyl groups is 8. The van der Waals surface area contributed by atoms with Crippen LogP contribution in [0, 0.1) is 0 Å². The number of carbonyl (C=O) groups is 1. The Morgan fingerprint density at radius 3 is 2.03 bits per heavy atom. The maximum absolute atomic E-state index is 12.7. The van der Waals surface area contributed by atoms with Crippen molar-refractivity contribution in [3.8, 4) is 57.3 Å². The lowest BCUT2D eigenvalue weighted by atomic mass is 9.98. The van der Waals surface area contributed by atoms with Crippen LogP contribution in [-0.2, 0) is 33.2 Å². The minimum Gasteiger partial charge on any atom is -0.507 e. The highest BCUT2D eigenvalue weighted by atomic mass is 16.8. The number of fused-ring (bicyclic) bond motifs is 1. The van der Waals surface area contributed by atoms with E-state index in [0.29, 0.717) is 5.56 Å². The molecule has 0 saturated carbocycles. The maximum atomic E-state index is 12.7. The number of aliphatic hydroxyl groups excluding tert-OH is 8. The summed E-state index contributed by atoms with van der Waals surface area (Å²) < 4.78 is 56.3. The minimum atomic E-state index is -2.04. The van der Waals surface area contributed by atoms with Gasteiger partial charge < -0.3 is 109 Å². The first-order chi connectivity index (χ1) is 31.9. The first-order valence-electron chi connectivity index (χ1n) is 20.3. The first-order valence-corrected chi connectivity index (χ1v) is 20.3. The molecule has 0 amide bonds. The summed E-state index contributed by atoms with van der Waals surface area (Å²) in [6.07, 6.45) is -23.1. The van der Waals surface area contributed by atoms with Crippen LogP contribution in [0.2, 0.25) is 0 Å². The van der Waals surface area contributed by atoms with Crippen molar-refractivity contribution < 1.29 is 118 Å². The van der Waals surface area contributed by atoms with E-state index in [4.69, 9.17) is 47.0 Å². The number of benzene rings is 3. The van der Waals surface area contributed by atoms with Crippen LogP contribution in [0.1, 0.15) is 5.56 Å². The molecule has 13 N–H and O–H groups in total. The van der Waals surface area contributed by atoms with Crippen molar-refractivity contribution in [2.75, 3.05) is 34.0 Å². The Hall–Kier alpha value is -5.84. The molecule has 0 bridgehead atoms. The van der Waals surface area contributed by atoms with Gasteiger partial charge in [0.15, 0.2) is 41.7 Å². The molecular formula is C43H49O24+. The van der Waals surface area contributed by atoms with E-state index in [0.717, 1.165) is 30.3 Å². The second-order valence-electron chi connectivity index (χ2n) is 15.6. The monoisotopic (exact) mass is 949 g/mol. The number of esters is 1. The molecule has 4 aromatic rings. The fourth-order valence-electron chi connectivity index (χ4n) is 7.37. The highest BCUT2D eigenvalue weighted by Crippen LogP contribution is 2.43. The van der Waals surface area contributed by atoms with Gasteiger partial charge in [0.2, 0.25) is 17.8 Å². The van der Waals surface area contributed by atoms with Gasteiger partial charge in [-0.2, -0.15) is 0 Å². The third-order valence-electron chi connectivity index (χ3n) is 11.1. The summed E-state index contributed by atoms with van der Waals surface area (Å²) >= 11 is 0. The summed E-state index contributed by atoms with van der Waals surface area (Å²) in [6.45, 7) is -1.99. The van der Waals surface area contributed by atoms with Crippen molar-refractivity contribution in [1.29, 1.82) is 0 Å². The van der Waals surface area contributed by atoms with Crippen molar-refractivity contribution in [3.05, 3.63) is 60.2 Å². The average Bonchev–Trinajstić information content (AvgIpc) is 3.30. The molecule has 1 aromatic heterocycles. The molecule has 24 heteroatoms. The van der Waals surface area contributed by atoms with E-state index in [2.05, 4.69) is 0 Å². The van der Waals surface area contributed by atoms with E-state index in [-0.39, 0.29) is 45.3 Å². The topological polar surface area (TPSA) is 374 Å².